The van der Waals surface area contributed by atoms with Gasteiger partial charge < -0.3 is 15.3 Å². The van der Waals surface area contributed by atoms with E-state index in [9.17, 15) is 0 Å². The molecular formula is C12H26N2O. The van der Waals surface area contributed by atoms with Crippen LogP contribution in [0.3, 0.4) is 0 Å². The van der Waals surface area contributed by atoms with E-state index in [1.807, 2.05) is 0 Å². The fraction of sp³-hybridized carbons (Fsp3) is 1.00. The SMILES string of the molecule is CC(C)CNCC1CCCN(CCO)C1. The Morgan fingerprint density at radius 1 is 1.47 bits per heavy atom. The zero-order valence-corrected chi connectivity index (χ0v) is 10.2. The number of nitrogens with zero attached hydrogens (tertiary/aromatic N) is 1. The second-order valence-electron chi connectivity index (χ2n) is 5.08. The molecule has 1 saturated heterocycles. The first-order valence-corrected chi connectivity index (χ1v) is 6.26. The molecule has 1 atom stereocenters. The van der Waals surface area contributed by atoms with Crippen molar-refractivity contribution in [1.29, 1.82) is 0 Å². The van der Waals surface area contributed by atoms with E-state index in [4.69, 9.17) is 5.11 Å². The van der Waals surface area contributed by atoms with Crippen LogP contribution in [0.4, 0.5) is 0 Å². The van der Waals surface area contributed by atoms with Crippen LogP contribution < -0.4 is 5.32 Å². The molecule has 0 radical (unpaired) electrons. The molecule has 0 aliphatic carbocycles. The molecule has 0 saturated carbocycles. The Labute approximate surface area is 93.9 Å². The van der Waals surface area contributed by atoms with Crippen molar-refractivity contribution in [2.24, 2.45) is 11.8 Å². The van der Waals surface area contributed by atoms with Crippen molar-refractivity contribution < 1.29 is 5.11 Å². The molecule has 0 spiro atoms. The Balaban J connectivity index is 2.12. The number of hydrogen-bond donors (Lipinski definition) is 2. The van der Waals surface area contributed by atoms with Crippen molar-refractivity contribution in [3.05, 3.63) is 0 Å². The number of nitrogens with one attached hydrogen (secondary N) is 1. The lowest BCUT2D eigenvalue weighted by Gasteiger charge is -2.32. The highest BCUT2D eigenvalue weighted by molar-refractivity contribution is 4.74. The maximum Gasteiger partial charge on any atom is 0.0558 e. The lowest BCUT2D eigenvalue weighted by molar-refractivity contribution is 0.138. The van der Waals surface area contributed by atoms with Gasteiger partial charge in [0.05, 0.1) is 6.61 Å². The second kappa shape index (κ2) is 7.20. The topological polar surface area (TPSA) is 35.5 Å². The zero-order valence-electron chi connectivity index (χ0n) is 10.2. The maximum absolute atomic E-state index is 8.90. The normalized spacial score (nSPS) is 23.6. The van der Waals surface area contributed by atoms with Crippen molar-refractivity contribution in [3.63, 3.8) is 0 Å². The number of β-amino-alcohol motifs (C(OH)–C–C–N with tert-alkyl or cyclic N) is 1. The van der Waals surface area contributed by atoms with Crippen molar-refractivity contribution >= 4 is 0 Å². The summed E-state index contributed by atoms with van der Waals surface area (Å²) in [6.45, 7) is 10.2. The first kappa shape index (κ1) is 12.9. The van der Waals surface area contributed by atoms with Crippen LogP contribution in [0.15, 0.2) is 0 Å². The van der Waals surface area contributed by atoms with Gasteiger partial charge in [0.1, 0.15) is 0 Å². The maximum atomic E-state index is 8.90. The van der Waals surface area contributed by atoms with Gasteiger partial charge in [-0.2, -0.15) is 0 Å². The summed E-state index contributed by atoms with van der Waals surface area (Å²) in [5.74, 6) is 1.52. The minimum Gasteiger partial charge on any atom is -0.395 e. The molecule has 1 fully saturated rings. The largest absolute Gasteiger partial charge is 0.395 e. The quantitative estimate of drug-likeness (QED) is 0.690. The van der Waals surface area contributed by atoms with Crippen LogP contribution in [0, 0.1) is 11.8 Å². The van der Waals surface area contributed by atoms with Crippen molar-refractivity contribution in [3.8, 4) is 0 Å². The highest BCUT2D eigenvalue weighted by Crippen LogP contribution is 2.15. The number of rotatable bonds is 6. The Hall–Kier alpha value is -0.120. The number of aliphatic hydroxyl groups is 1. The van der Waals surface area contributed by atoms with Crippen LogP contribution in [-0.4, -0.2) is 49.3 Å². The van der Waals surface area contributed by atoms with E-state index in [0.29, 0.717) is 6.61 Å². The van der Waals surface area contributed by atoms with Gasteiger partial charge in [0.15, 0.2) is 0 Å². The molecule has 1 aliphatic heterocycles. The van der Waals surface area contributed by atoms with Crippen LogP contribution in [0.2, 0.25) is 0 Å². The lowest BCUT2D eigenvalue weighted by atomic mass is 9.98. The molecule has 3 heteroatoms. The fourth-order valence-corrected chi connectivity index (χ4v) is 2.24. The van der Waals surface area contributed by atoms with Gasteiger partial charge in [-0.3, -0.25) is 0 Å². The molecule has 0 amide bonds. The monoisotopic (exact) mass is 214 g/mol. The molecule has 3 nitrogen and oxygen atoms in total. The molecular weight excluding hydrogens is 188 g/mol. The highest BCUT2D eigenvalue weighted by atomic mass is 16.3. The van der Waals surface area contributed by atoms with Crippen LogP contribution in [0.25, 0.3) is 0 Å². The second-order valence-corrected chi connectivity index (χ2v) is 5.08. The average molecular weight is 214 g/mol. The van der Waals surface area contributed by atoms with E-state index in [-0.39, 0.29) is 0 Å². The number of hydrogen-bond acceptors (Lipinski definition) is 3. The summed E-state index contributed by atoms with van der Waals surface area (Å²) >= 11 is 0. The van der Waals surface area contributed by atoms with Gasteiger partial charge in [-0.05, 0) is 44.3 Å². The fourth-order valence-electron chi connectivity index (χ4n) is 2.24. The molecule has 1 aliphatic rings. The predicted octanol–water partition coefficient (Wildman–Crippen LogP) is 0.936. The first-order chi connectivity index (χ1) is 7.22. The molecule has 2 N–H and O–H groups in total. The molecule has 15 heavy (non-hydrogen) atoms. The molecule has 1 rings (SSSR count). The third-order valence-electron chi connectivity index (χ3n) is 3.00. The summed E-state index contributed by atoms with van der Waals surface area (Å²) in [4.78, 5) is 2.38. The highest BCUT2D eigenvalue weighted by Gasteiger charge is 2.18. The van der Waals surface area contributed by atoms with Crippen LogP contribution in [0.1, 0.15) is 26.7 Å². The Bertz CT molecular complexity index is 160. The van der Waals surface area contributed by atoms with Crippen molar-refractivity contribution in [2.45, 2.75) is 26.7 Å². The summed E-state index contributed by atoms with van der Waals surface area (Å²) in [6.07, 6.45) is 2.63. The third-order valence-corrected chi connectivity index (χ3v) is 3.00. The third kappa shape index (κ3) is 5.50. The summed E-state index contributed by atoms with van der Waals surface area (Å²) in [5.41, 5.74) is 0. The molecule has 1 heterocycles. The zero-order chi connectivity index (χ0) is 11.1. The molecule has 0 bridgehead atoms. The number of likely N-dealkylation sites (tertiary alicyclic amines) is 1. The van der Waals surface area contributed by atoms with Gasteiger partial charge in [0.2, 0.25) is 0 Å². The predicted molar refractivity (Wildman–Crippen MR) is 64.0 cm³/mol. The van der Waals surface area contributed by atoms with Gasteiger partial charge in [0, 0.05) is 13.1 Å². The molecule has 1 unspecified atom stereocenters. The van der Waals surface area contributed by atoms with Gasteiger partial charge in [-0.25, -0.2) is 0 Å². The van der Waals surface area contributed by atoms with E-state index in [0.717, 1.165) is 38.0 Å². The van der Waals surface area contributed by atoms with Gasteiger partial charge in [0.25, 0.3) is 0 Å². The Morgan fingerprint density at radius 3 is 2.93 bits per heavy atom. The standard InChI is InChI=1S/C12H26N2O/c1-11(2)8-13-9-12-4-3-5-14(10-12)6-7-15/h11-13,15H,3-10H2,1-2H3. The molecule has 0 aromatic carbocycles. The number of piperidine rings is 1. The summed E-state index contributed by atoms with van der Waals surface area (Å²) < 4.78 is 0. The molecule has 90 valence electrons. The Kier molecular flexibility index (Phi) is 6.22. The van der Waals surface area contributed by atoms with Crippen molar-refractivity contribution in [1.82, 2.24) is 10.2 Å². The smallest absolute Gasteiger partial charge is 0.0558 e. The minimum atomic E-state index is 0.298. The van der Waals surface area contributed by atoms with Gasteiger partial charge >= 0.3 is 0 Å². The van der Waals surface area contributed by atoms with Crippen LogP contribution in [-0.2, 0) is 0 Å². The van der Waals surface area contributed by atoms with E-state index >= 15 is 0 Å². The van der Waals surface area contributed by atoms with Gasteiger partial charge in [-0.15, -0.1) is 0 Å². The Morgan fingerprint density at radius 2 is 2.27 bits per heavy atom. The minimum absolute atomic E-state index is 0.298. The van der Waals surface area contributed by atoms with Crippen LogP contribution >= 0.6 is 0 Å². The van der Waals surface area contributed by atoms with E-state index in [1.165, 1.54) is 19.4 Å². The summed E-state index contributed by atoms with van der Waals surface area (Å²) in [5, 5.41) is 12.4. The van der Waals surface area contributed by atoms with E-state index in [2.05, 4.69) is 24.1 Å². The van der Waals surface area contributed by atoms with Gasteiger partial charge in [-0.1, -0.05) is 13.8 Å². The van der Waals surface area contributed by atoms with Crippen molar-refractivity contribution in [2.75, 3.05) is 39.3 Å². The molecule has 0 aromatic heterocycles. The molecule has 0 aromatic rings. The van der Waals surface area contributed by atoms with Crippen LogP contribution in [0.5, 0.6) is 0 Å². The summed E-state index contributed by atoms with van der Waals surface area (Å²) in [7, 11) is 0. The number of aliphatic hydroxyl groups excluding tert-OH is 1. The first-order valence-electron chi connectivity index (χ1n) is 6.26. The summed E-state index contributed by atoms with van der Waals surface area (Å²) in [6, 6.07) is 0. The average Bonchev–Trinajstić information content (AvgIpc) is 2.18. The van der Waals surface area contributed by atoms with E-state index < -0.39 is 0 Å². The lowest BCUT2D eigenvalue weighted by Crippen LogP contribution is -2.41. The van der Waals surface area contributed by atoms with E-state index in [1.54, 1.807) is 0 Å².